The van der Waals surface area contributed by atoms with Crippen LogP contribution in [0.4, 0.5) is 0 Å². The number of amides is 1. The van der Waals surface area contributed by atoms with Crippen LogP contribution in [0.1, 0.15) is 19.4 Å². The first-order valence-electron chi connectivity index (χ1n) is 6.14. The summed E-state index contributed by atoms with van der Waals surface area (Å²) in [6, 6.07) is 7.94. The highest BCUT2D eigenvalue weighted by Crippen LogP contribution is 2.14. The predicted octanol–water partition coefficient (Wildman–Crippen LogP) is 1.77. The summed E-state index contributed by atoms with van der Waals surface area (Å²) in [6.45, 7) is 3.74. The number of aromatic amines is 1. The molecule has 0 radical (unpaired) electrons. The van der Waals surface area contributed by atoms with Crippen LogP contribution in [-0.4, -0.2) is 22.4 Å². The SMILES string of the molecule is CC(C)(C#N)C(=O)NCCc1ccc2nc[nH]c2c1. The summed E-state index contributed by atoms with van der Waals surface area (Å²) in [7, 11) is 0. The fraction of sp³-hybridized carbons (Fsp3) is 0.357. The Bertz CT molecular complexity index is 636. The van der Waals surface area contributed by atoms with Gasteiger partial charge in [-0.1, -0.05) is 6.07 Å². The molecule has 1 aromatic heterocycles. The maximum Gasteiger partial charge on any atom is 0.239 e. The van der Waals surface area contributed by atoms with Crippen LogP contribution in [0.2, 0.25) is 0 Å². The molecule has 0 spiro atoms. The molecule has 5 heteroatoms. The standard InChI is InChI=1S/C14H16N4O/c1-14(2,8-15)13(19)16-6-5-10-3-4-11-12(7-10)18-9-17-11/h3-4,7,9H,5-6H2,1-2H3,(H,16,19)(H,17,18). The molecule has 0 fully saturated rings. The maximum atomic E-state index is 11.7. The van der Waals surface area contributed by atoms with Crippen molar-refractivity contribution in [1.82, 2.24) is 15.3 Å². The Hall–Kier alpha value is -2.35. The number of carbonyl (C=O) groups excluding carboxylic acids is 1. The zero-order valence-corrected chi connectivity index (χ0v) is 11.0. The molecule has 19 heavy (non-hydrogen) atoms. The lowest BCUT2D eigenvalue weighted by Gasteiger charge is -2.14. The van der Waals surface area contributed by atoms with Crippen molar-refractivity contribution in [2.75, 3.05) is 6.54 Å². The molecular formula is C14H16N4O. The first-order valence-corrected chi connectivity index (χ1v) is 6.14. The van der Waals surface area contributed by atoms with E-state index in [0.717, 1.165) is 23.0 Å². The number of nitrogens with one attached hydrogen (secondary N) is 2. The van der Waals surface area contributed by atoms with E-state index in [1.807, 2.05) is 24.3 Å². The van der Waals surface area contributed by atoms with Crippen LogP contribution in [0.5, 0.6) is 0 Å². The molecule has 98 valence electrons. The minimum absolute atomic E-state index is 0.238. The van der Waals surface area contributed by atoms with Gasteiger partial charge in [0.2, 0.25) is 5.91 Å². The Balaban J connectivity index is 1.92. The fourth-order valence-electron chi connectivity index (χ4n) is 1.73. The summed E-state index contributed by atoms with van der Waals surface area (Å²) in [5, 5.41) is 11.6. The average Bonchev–Trinajstić information content (AvgIpc) is 2.86. The number of rotatable bonds is 4. The van der Waals surface area contributed by atoms with Crippen molar-refractivity contribution < 1.29 is 4.79 Å². The Labute approximate surface area is 111 Å². The number of nitriles is 1. The number of aromatic nitrogens is 2. The first kappa shape index (κ1) is 13.1. The van der Waals surface area contributed by atoms with Gasteiger partial charge in [0.25, 0.3) is 0 Å². The molecule has 0 saturated carbocycles. The second-order valence-electron chi connectivity index (χ2n) is 5.00. The number of nitrogens with zero attached hydrogens (tertiary/aromatic N) is 2. The second kappa shape index (κ2) is 5.11. The van der Waals surface area contributed by atoms with E-state index in [1.54, 1.807) is 20.2 Å². The van der Waals surface area contributed by atoms with Crippen molar-refractivity contribution in [2.45, 2.75) is 20.3 Å². The molecule has 0 aliphatic heterocycles. The van der Waals surface area contributed by atoms with Gasteiger partial charge in [0.1, 0.15) is 5.41 Å². The Kier molecular flexibility index (Phi) is 3.52. The Morgan fingerprint density at radius 2 is 2.32 bits per heavy atom. The maximum absolute atomic E-state index is 11.7. The highest BCUT2D eigenvalue weighted by atomic mass is 16.2. The van der Waals surface area contributed by atoms with Crippen LogP contribution in [-0.2, 0) is 11.2 Å². The van der Waals surface area contributed by atoms with Crippen LogP contribution in [0.15, 0.2) is 24.5 Å². The van der Waals surface area contributed by atoms with E-state index in [-0.39, 0.29) is 5.91 Å². The highest BCUT2D eigenvalue weighted by Gasteiger charge is 2.26. The monoisotopic (exact) mass is 256 g/mol. The van der Waals surface area contributed by atoms with Crippen LogP contribution < -0.4 is 5.32 Å². The number of carbonyl (C=O) groups is 1. The van der Waals surface area contributed by atoms with Gasteiger partial charge < -0.3 is 10.3 Å². The predicted molar refractivity (Wildman–Crippen MR) is 72.2 cm³/mol. The molecule has 0 bridgehead atoms. The first-order chi connectivity index (χ1) is 9.03. The molecule has 0 saturated heterocycles. The van der Waals surface area contributed by atoms with Crippen LogP contribution >= 0.6 is 0 Å². The highest BCUT2D eigenvalue weighted by molar-refractivity contribution is 5.84. The van der Waals surface area contributed by atoms with Gasteiger partial charge in [-0.15, -0.1) is 0 Å². The lowest BCUT2D eigenvalue weighted by atomic mass is 9.95. The third-order valence-electron chi connectivity index (χ3n) is 3.03. The van der Waals surface area contributed by atoms with Crippen LogP contribution in [0, 0.1) is 16.7 Å². The third kappa shape index (κ3) is 2.91. The molecule has 2 N–H and O–H groups in total. The number of hydrogen-bond donors (Lipinski definition) is 2. The lowest BCUT2D eigenvalue weighted by molar-refractivity contribution is -0.126. The molecule has 1 heterocycles. The summed E-state index contributed by atoms with van der Waals surface area (Å²) in [4.78, 5) is 18.9. The lowest BCUT2D eigenvalue weighted by Crippen LogP contribution is -2.36. The van der Waals surface area contributed by atoms with Gasteiger partial charge in [0.15, 0.2) is 0 Å². The van der Waals surface area contributed by atoms with Crippen molar-refractivity contribution in [2.24, 2.45) is 5.41 Å². The van der Waals surface area contributed by atoms with Gasteiger partial charge in [-0.2, -0.15) is 5.26 Å². The van der Waals surface area contributed by atoms with E-state index in [1.165, 1.54) is 0 Å². The Morgan fingerprint density at radius 1 is 1.53 bits per heavy atom. The molecule has 0 unspecified atom stereocenters. The van der Waals surface area contributed by atoms with Crippen molar-refractivity contribution in [3.63, 3.8) is 0 Å². The summed E-state index contributed by atoms with van der Waals surface area (Å²) >= 11 is 0. The molecular weight excluding hydrogens is 240 g/mol. The molecule has 1 aromatic carbocycles. The fourth-order valence-corrected chi connectivity index (χ4v) is 1.73. The number of imidazole rings is 1. The molecule has 0 aliphatic carbocycles. The van der Waals surface area contributed by atoms with Crippen LogP contribution in [0.25, 0.3) is 11.0 Å². The van der Waals surface area contributed by atoms with E-state index in [2.05, 4.69) is 15.3 Å². The van der Waals surface area contributed by atoms with Crippen molar-refractivity contribution in [3.05, 3.63) is 30.1 Å². The van der Waals surface area contributed by atoms with Gasteiger partial charge in [0.05, 0.1) is 23.4 Å². The largest absolute Gasteiger partial charge is 0.354 e. The minimum Gasteiger partial charge on any atom is -0.354 e. The topological polar surface area (TPSA) is 81.6 Å². The van der Waals surface area contributed by atoms with E-state index >= 15 is 0 Å². The van der Waals surface area contributed by atoms with Crippen molar-refractivity contribution in [3.8, 4) is 6.07 Å². The van der Waals surface area contributed by atoms with Crippen molar-refractivity contribution >= 4 is 16.9 Å². The zero-order valence-electron chi connectivity index (χ0n) is 11.0. The number of fused-ring (bicyclic) bond motifs is 1. The van der Waals surface area contributed by atoms with Gasteiger partial charge in [-0.3, -0.25) is 4.79 Å². The second-order valence-corrected chi connectivity index (χ2v) is 5.00. The third-order valence-corrected chi connectivity index (χ3v) is 3.03. The van der Waals surface area contributed by atoms with Gasteiger partial charge in [-0.05, 0) is 38.0 Å². The summed E-state index contributed by atoms with van der Waals surface area (Å²) < 4.78 is 0. The Morgan fingerprint density at radius 3 is 3.05 bits per heavy atom. The van der Waals surface area contributed by atoms with E-state index < -0.39 is 5.41 Å². The minimum atomic E-state index is -0.979. The summed E-state index contributed by atoms with van der Waals surface area (Å²) in [5.74, 6) is -0.238. The summed E-state index contributed by atoms with van der Waals surface area (Å²) in [5.41, 5.74) is 2.05. The average molecular weight is 256 g/mol. The van der Waals surface area contributed by atoms with Crippen molar-refractivity contribution in [1.29, 1.82) is 5.26 Å². The molecule has 1 amide bonds. The van der Waals surface area contributed by atoms with E-state index in [4.69, 9.17) is 5.26 Å². The van der Waals surface area contributed by atoms with E-state index in [0.29, 0.717) is 6.54 Å². The quantitative estimate of drug-likeness (QED) is 0.874. The molecule has 0 atom stereocenters. The normalized spacial score (nSPS) is 11.2. The zero-order chi connectivity index (χ0) is 13.9. The molecule has 2 aromatic rings. The summed E-state index contributed by atoms with van der Waals surface area (Å²) in [6.07, 6.45) is 2.38. The molecule has 2 rings (SSSR count). The van der Waals surface area contributed by atoms with Gasteiger partial charge in [0, 0.05) is 6.54 Å². The number of benzene rings is 1. The van der Waals surface area contributed by atoms with Gasteiger partial charge in [-0.25, -0.2) is 4.98 Å². The van der Waals surface area contributed by atoms with Gasteiger partial charge >= 0.3 is 0 Å². The molecule has 0 aliphatic rings. The van der Waals surface area contributed by atoms with Crippen LogP contribution in [0.3, 0.4) is 0 Å². The number of hydrogen-bond acceptors (Lipinski definition) is 3. The smallest absolute Gasteiger partial charge is 0.239 e. The number of H-pyrrole nitrogens is 1. The van der Waals surface area contributed by atoms with E-state index in [9.17, 15) is 4.79 Å². The molecule has 5 nitrogen and oxygen atoms in total.